The number of rotatable bonds is 4. The van der Waals surface area contributed by atoms with Gasteiger partial charge in [-0.25, -0.2) is 0 Å². The largest absolute Gasteiger partial charge is 0.481 e. The Kier molecular flexibility index (Phi) is 3.84. The lowest BCUT2D eigenvalue weighted by Gasteiger charge is -2.17. The number of hydrogen-bond acceptors (Lipinski definition) is 6. The van der Waals surface area contributed by atoms with Crippen LogP contribution in [0.25, 0.3) is 11.6 Å². The Labute approximate surface area is 127 Å². The van der Waals surface area contributed by atoms with Crippen LogP contribution in [-0.2, 0) is 11.3 Å². The quantitative estimate of drug-likeness (QED) is 0.916. The molecule has 1 aliphatic rings. The van der Waals surface area contributed by atoms with Crippen LogP contribution in [0.4, 0.5) is 13.2 Å². The van der Waals surface area contributed by atoms with Gasteiger partial charge >= 0.3 is 12.1 Å². The van der Waals surface area contributed by atoms with E-state index in [4.69, 9.17) is 14.0 Å². The molecule has 0 bridgehead atoms. The number of halogens is 3. The third kappa shape index (κ3) is 3.21. The molecule has 23 heavy (non-hydrogen) atoms. The number of likely N-dealkylation sites (tertiary alicyclic amines) is 1. The van der Waals surface area contributed by atoms with Gasteiger partial charge in [0.25, 0.3) is 0 Å². The lowest BCUT2D eigenvalue weighted by Crippen LogP contribution is -2.33. The van der Waals surface area contributed by atoms with Gasteiger partial charge in [-0.05, 0) is 12.1 Å². The number of aliphatic carboxylic acids is 1. The van der Waals surface area contributed by atoms with Crippen molar-refractivity contribution in [2.75, 3.05) is 13.1 Å². The van der Waals surface area contributed by atoms with Gasteiger partial charge in [0.05, 0.1) is 24.6 Å². The fourth-order valence-electron chi connectivity index (χ4n) is 2.61. The highest BCUT2D eigenvalue weighted by molar-refractivity contribution is 5.71. The predicted molar refractivity (Wildman–Crippen MR) is 67.9 cm³/mol. The van der Waals surface area contributed by atoms with E-state index in [-0.39, 0.29) is 24.8 Å². The van der Waals surface area contributed by atoms with Crippen molar-refractivity contribution >= 4 is 5.97 Å². The molecule has 10 heteroatoms. The highest BCUT2D eigenvalue weighted by Gasteiger charge is 2.52. The molecule has 2 aromatic rings. The van der Waals surface area contributed by atoms with E-state index in [9.17, 15) is 18.0 Å². The number of hydrogen-bond donors (Lipinski definition) is 1. The van der Waals surface area contributed by atoms with Gasteiger partial charge in [0.2, 0.25) is 11.7 Å². The molecular weight excluding hydrogens is 319 g/mol. The Balaban J connectivity index is 1.70. The van der Waals surface area contributed by atoms with Crippen molar-refractivity contribution in [3.63, 3.8) is 0 Å². The molecule has 2 aromatic heterocycles. The first kappa shape index (κ1) is 15.5. The average Bonchev–Trinajstić information content (AvgIpc) is 3.17. The van der Waals surface area contributed by atoms with E-state index >= 15 is 0 Å². The third-order valence-corrected chi connectivity index (χ3v) is 3.70. The lowest BCUT2D eigenvalue weighted by molar-refractivity contribution is -0.188. The fraction of sp³-hybridized carbons (Fsp3) is 0.462. The normalized spacial score (nSPS) is 22.6. The van der Waals surface area contributed by atoms with Gasteiger partial charge in [0.15, 0.2) is 5.76 Å². The number of carboxylic acids is 1. The van der Waals surface area contributed by atoms with Crippen LogP contribution < -0.4 is 0 Å². The zero-order valence-electron chi connectivity index (χ0n) is 11.7. The molecule has 0 aliphatic carbocycles. The van der Waals surface area contributed by atoms with Crippen molar-refractivity contribution < 1.29 is 32.0 Å². The number of aromatic nitrogens is 2. The molecule has 124 valence electrons. The molecule has 0 unspecified atom stereocenters. The van der Waals surface area contributed by atoms with Crippen LogP contribution in [-0.4, -0.2) is 45.4 Å². The predicted octanol–water partition coefficient (Wildman–Crippen LogP) is 2.02. The number of carbonyl (C=O) groups is 1. The van der Waals surface area contributed by atoms with Gasteiger partial charge in [0.1, 0.15) is 0 Å². The maximum absolute atomic E-state index is 12.9. The molecule has 1 aliphatic heterocycles. The van der Waals surface area contributed by atoms with Crippen molar-refractivity contribution in [1.82, 2.24) is 15.0 Å². The van der Waals surface area contributed by atoms with Gasteiger partial charge in [-0.1, -0.05) is 5.16 Å². The molecule has 1 N–H and O–H groups in total. The first-order valence-electron chi connectivity index (χ1n) is 6.73. The van der Waals surface area contributed by atoms with E-state index in [0.717, 1.165) is 0 Å². The molecule has 1 fully saturated rings. The molecule has 2 atom stereocenters. The Morgan fingerprint density at radius 1 is 1.43 bits per heavy atom. The molecule has 7 nitrogen and oxygen atoms in total. The van der Waals surface area contributed by atoms with Gasteiger partial charge in [0, 0.05) is 13.1 Å². The summed E-state index contributed by atoms with van der Waals surface area (Å²) in [6.07, 6.45) is -3.14. The summed E-state index contributed by atoms with van der Waals surface area (Å²) in [6, 6.07) is 3.25. The number of carboxylic acid groups (broad SMARTS) is 1. The van der Waals surface area contributed by atoms with Crippen molar-refractivity contribution in [3.8, 4) is 11.6 Å². The van der Waals surface area contributed by atoms with E-state index in [1.807, 2.05) is 0 Å². The topological polar surface area (TPSA) is 92.6 Å². The van der Waals surface area contributed by atoms with Crippen molar-refractivity contribution in [3.05, 3.63) is 24.3 Å². The highest BCUT2D eigenvalue weighted by atomic mass is 19.4. The molecule has 3 rings (SSSR count). The van der Waals surface area contributed by atoms with Crippen LogP contribution >= 0.6 is 0 Å². The Morgan fingerprint density at radius 2 is 2.22 bits per heavy atom. The Hall–Kier alpha value is -2.36. The van der Waals surface area contributed by atoms with Crippen LogP contribution in [0.5, 0.6) is 0 Å². The number of nitrogens with zero attached hydrogens (tertiary/aromatic N) is 3. The van der Waals surface area contributed by atoms with Crippen molar-refractivity contribution in [2.45, 2.75) is 12.7 Å². The van der Waals surface area contributed by atoms with E-state index in [2.05, 4.69) is 10.1 Å². The van der Waals surface area contributed by atoms with E-state index < -0.39 is 30.5 Å². The van der Waals surface area contributed by atoms with E-state index in [0.29, 0.717) is 5.76 Å². The van der Waals surface area contributed by atoms with Crippen LogP contribution in [0.2, 0.25) is 0 Å². The zero-order chi connectivity index (χ0) is 16.6. The second-order valence-corrected chi connectivity index (χ2v) is 5.28. The summed E-state index contributed by atoms with van der Waals surface area (Å²) in [5, 5.41) is 12.6. The van der Waals surface area contributed by atoms with Gasteiger partial charge in [-0.15, -0.1) is 0 Å². The van der Waals surface area contributed by atoms with Crippen LogP contribution in [0.3, 0.4) is 0 Å². The van der Waals surface area contributed by atoms with E-state index in [1.165, 1.54) is 11.2 Å². The molecule has 1 saturated heterocycles. The molecule has 0 spiro atoms. The van der Waals surface area contributed by atoms with Gasteiger partial charge in [-0.3, -0.25) is 9.69 Å². The minimum absolute atomic E-state index is 0.0515. The zero-order valence-corrected chi connectivity index (χ0v) is 11.7. The Bertz CT molecular complexity index is 683. The first-order valence-corrected chi connectivity index (χ1v) is 6.73. The van der Waals surface area contributed by atoms with Crippen LogP contribution in [0, 0.1) is 11.8 Å². The monoisotopic (exact) mass is 331 g/mol. The molecule has 0 amide bonds. The summed E-state index contributed by atoms with van der Waals surface area (Å²) in [5.74, 6) is -4.21. The average molecular weight is 331 g/mol. The molecule has 0 aromatic carbocycles. The minimum Gasteiger partial charge on any atom is -0.481 e. The minimum atomic E-state index is -4.56. The SMILES string of the molecule is O=C(O)[C@@H]1CN(Cc2nc(-c3ccco3)no2)C[C@H]1C(F)(F)F. The Morgan fingerprint density at radius 3 is 2.78 bits per heavy atom. The third-order valence-electron chi connectivity index (χ3n) is 3.70. The number of alkyl halides is 3. The summed E-state index contributed by atoms with van der Waals surface area (Å²) >= 11 is 0. The smallest absolute Gasteiger partial charge is 0.393 e. The summed E-state index contributed by atoms with van der Waals surface area (Å²) in [5.41, 5.74) is 0. The van der Waals surface area contributed by atoms with Crippen molar-refractivity contribution in [1.29, 1.82) is 0 Å². The lowest BCUT2D eigenvalue weighted by atomic mass is 9.96. The van der Waals surface area contributed by atoms with Crippen molar-refractivity contribution in [2.24, 2.45) is 11.8 Å². The van der Waals surface area contributed by atoms with Gasteiger partial charge in [-0.2, -0.15) is 18.2 Å². The highest BCUT2D eigenvalue weighted by Crippen LogP contribution is 2.38. The summed E-state index contributed by atoms with van der Waals surface area (Å²) in [4.78, 5) is 16.4. The second kappa shape index (κ2) is 5.69. The standard InChI is InChI=1S/C13H12F3N3O4/c14-13(15,16)8-5-19(4-7(8)12(20)21)6-10-17-11(18-23-10)9-2-1-3-22-9/h1-3,7-8H,4-6H2,(H,20,21)/t7-,8-/m1/s1. The molecular formula is C13H12F3N3O4. The molecule has 0 saturated carbocycles. The maximum Gasteiger partial charge on any atom is 0.393 e. The first-order chi connectivity index (χ1) is 10.8. The maximum atomic E-state index is 12.9. The summed E-state index contributed by atoms with van der Waals surface area (Å²) < 4.78 is 48.8. The second-order valence-electron chi connectivity index (χ2n) is 5.28. The molecule has 0 radical (unpaired) electrons. The van der Waals surface area contributed by atoms with Gasteiger partial charge < -0.3 is 14.0 Å². The van der Waals surface area contributed by atoms with Crippen LogP contribution in [0.15, 0.2) is 27.3 Å². The summed E-state index contributed by atoms with van der Waals surface area (Å²) in [7, 11) is 0. The summed E-state index contributed by atoms with van der Waals surface area (Å²) in [6.45, 7) is -0.693. The fourth-order valence-corrected chi connectivity index (χ4v) is 2.61. The van der Waals surface area contributed by atoms with Crippen LogP contribution in [0.1, 0.15) is 5.89 Å². The number of furan rings is 1. The molecule has 3 heterocycles. The van der Waals surface area contributed by atoms with E-state index in [1.54, 1.807) is 12.1 Å².